The highest BCUT2D eigenvalue weighted by atomic mass is 19.4. The van der Waals surface area contributed by atoms with Crippen molar-refractivity contribution in [2.75, 3.05) is 0 Å². The van der Waals surface area contributed by atoms with Gasteiger partial charge in [0.1, 0.15) is 0 Å². The summed E-state index contributed by atoms with van der Waals surface area (Å²) in [6.45, 7) is -3.62. The second-order valence-electron chi connectivity index (χ2n) is 5.20. The van der Waals surface area contributed by atoms with Crippen molar-refractivity contribution in [2.45, 2.75) is 38.2 Å². The van der Waals surface area contributed by atoms with Crippen LogP contribution in [0.2, 0.25) is 0 Å². The lowest BCUT2D eigenvalue weighted by molar-refractivity contribution is -0.198. The number of ether oxygens (including phenoxy) is 1. The van der Waals surface area contributed by atoms with E-state index in [9.17, 15) is 31.1 Å². The van der Waals surface area contributed by atoms with Crippen molar-refractivity contribution in [3.05, 3.63) is 23.6 Å². The van der Waals surface area contributed by atoms with Crippen molar-refractivity contribution in [3.63, 3.8) is 0 Å². The Labute approximate surface area is 135 Å². The molecule has 0 aromatic carbocycles. The first kappa shape index (κ1) is 18.1. The summed E-state index contributed by atoms with van der Waals surface area (Å²) in [6, 6.07) is -0.249. The predicted octanol–water partition coefficient (Wildman–Crippen LogP) is 3.45. The molecular weight excluding hydrogens is 344 g/mol. The normalized spacial score (nSPS) is 20.5. The summed E-state index contributed by atoms with van der Waals surface area (Å²) in [5, 5.41) is 4.55. The number of urea groups is 1. The Hall–Kier alpha value is -2.20. The summed E-state index contributed by atoms with van der Waals surface area (Å²) in [7, 11) is 0. The quantitative estimate of drug-likeness (QED) is 0.790. The Morgan fingerprint density at radius 2 is 2.08 bits per heavy atom. The van der Waals surface area contributed by atoms with E-state index in [1.165, 1.54) is 0 Å². The van der Waals surface area contributed by atoms with E-state index >= 15 is 0 Å². The average molecular weight is 361 g/mol. The van der Waals surface area contributed by atoms with Gasteiger partial charge in [-0.25, -0.2) is 14.2 Å². The lowest BCUT2D eigenvalue weighted by atomic mass is 9.80. The number of halogens is 6. The maximum atomic E-state index is 13.8. The highest BCUT2D eigenvalue weighted by Crippen LogP contribution is 2.40. The molecule has 0 aliphatic heterocycles. The van der Waals surface area contributed by atoms with E-state index in [-0.39, 0.29) is 27.8 Å². The molecule has 2 amide bonds. The number of hydrogen-bond donors (Lipinski definition) is 2. The number of rotatable bonds is 5. The molecule has 0 bridgehead atoms. The Morgan fingerprint density at radius 3 is 2.67 bits per heavy atom. The molecule has 0 unspecified atom stereocenters. The van der Waals surface area contributed by atoms with Gasteiger partial charge in [0.15, 0.2) is 5.82 Å². The molecule has 2 rings (SSSR count). The predicted molar refractivity (Wildman–Crippen MR) is 73.0 cm³/mol. The van der Waals surface area contributed by atoms with Crippen molar-refractivity contribution in [1.29, 1.82) is 0 Å². The van der Waals surface area contributed by atoms with Crippen molar-refractivity contribution >= 4 is 6.03 Å². The zero-order valence-corrected chi connectivity index (χ0v) is 12.0. The Kier molecular flexibility index (Phi) is 5.40. The molecule has 1 heterocycles. The van der Waals surface area contributed by atoms with Crippen LogP contribution in [0.3, 0.4) is 0 Å². The summed E-state index contributed by atoms with van der Waals surface area (Å²) in [5.74, 6) is -3.50. The van der Waals surface area contributed by atoms with Crippen LogP contribution in [0.25, 0.3) is 0 Å². The van der Waals surface area contributed by atoms with Crippen LogP contribution in [0.4, 0.5) is 31.1 Å². The van der Waals surface area contributed by atoms with Gasteiger partial charge in [0.2, 0.25) is 0 Å². The molecule has 0 radical (unpaired) electrons. The first-order chi connectivity index (χ1) is 11.2. The van der Waals surface area contributed by atoms with E-state index in [1.54, 1.807) is 0 Å². The minimum Gasteiger partial charge on any atom is -0.414 e. The van der Waals surface area contributed by atoms with Crippen LogP contribution in [0.15, 0.2) is 12.3 Å². The summed E-state index contributed by atoms with van der Waals surface area (Å²) < 4.78 is 78.7. The van der Waals surface area contributed by atoms with Gasteiger partial charge in [-0.1, -0.05) is 0 Å². The van der Waals surface area contributed by atoms with Gasteiger partial charge < -0.3 is 15.4 Å². The molecule has 24 heavy (non-hydrogen) atoms. The van der Waals surface area contributed by atoms with Crippen LogP contribution < -0.4 is 15.4 Å². The number of carbonyl (C=O) groups is 1. The summed E-state index contributed by atoms with van der Waals surface area (Å²) in [4.78, 5) is 14.9. The van der Waals surface area contributed by atoms with Gasteiger partial charge in [-0.05, 0) is 18.9 Å². The van der Waals surface area contributed by atoms with Crippen molar-refractivity contribution < 1.29 is 38.7 Å². The van der Waals surface area contributed by atoms with Crippen LogP contribution in [0.5, 0.6) is 5.88 Å². The SMILES string of the molecule is O=C(NCc1ccnc(OC(F)F)c1F)NC1CC(C(F)(F)F)C1.[HH].[HH]. The third-order valence-electron chi connectivity index (χ3n) is 3.51. The molecule has 1 aliphatic carbocycles. The summed E-state index contributed by atoms with van der Waals surface area (Å²) in [5.41, 5.74) is -0.155. The summed E-state index contributed by atoms with van der Waals surface area (Å²) >= 11 is 0. The van der Waals surface area contributed by atoms with Crippen LogP contribution in [-0.2, 0) is 6.54 Å². The van der Waals surface area contributed by atoms with Gasteiger partial charge in [0, 0.05) is 27.2 Å². The third-order valence-corrected chi connectivity index (χ3v) is 3.51. The highest BCUT2D eigenvalue weighted by molar-refractivity contribution is 5.74. The Balaban J connectivity index is 0.00000312. The lowest BCUT2D eigenvalue weighted by Crippen LogP contribution is -2.51. The van der Waals surface area contributed by atoms with Crippen molar-refractivity contribution in [3.8, 4) is 5.88 Å². The third kappa shape index (κ3) is 4.65. The number of amides is 2. The van der Waals surface area contributed by atoms with Crippen LogP contribution in [0.1, 0.15) is 21.3 Å². The number of pyridine rings is 1. The second-order valence-corrected chi connectivity index (χ2v) is 5.20. The second kappa shape index (κ2) is 7.14. The Bertz CT molecular complexity index is 600. The number of carbonyl (C=O) groups excluding carboxylic acids is 1. The standard InChI is InChI=1S/C13H13F6N3O2.2H2/c14-9-6(1-2-20-10(9)24-11(15)16)5-21-12(23)22-8-3-7(4-8)13(17,18)19;;/h1-2,7-8,11H,3-5H2,(H2,21,22,23);2*1H. The molecule has 1 fully saturated rings. The smallest absolute Gasteiger partial charge is 0.391 e. The van der Waals surface area contributed by atoms with Crippen LogP contribution in [0, 0.1) is 11.7 Å². The maximum absolute atomic E-state index is 13.8. The minimum atomic E-state index is -4.28. The van der Waals surface area contributed by atoms with Gasteiger partial charge in [-0.2, -0.15) is 22.0 Å². The fourth-order valence-electron chi connectivity index (χ4n) is 2.18. The monoisotopic (exact) mass is 361 g/mol. The van der Waals surface area contributed by atoms with E-state index in [4.69, 9.17) is 0 Å². The molecule has 1 aliphatic rings. The molecule has 0 atom stereocenters. The zero-order chi connectivity index (χ0) is 17.9. The Morgan fingerprint density at radius 1 is 1.42 bits per heavy atom. The van der Waals surface area contributed by atoms with Crippen molar-refractivity contribution in [2.24, 2.45) is 5.92 Å². The van der Waals surface area contributed by atoms with E-state index in [2.05, 4.69) is 20.4 Å². The largest absolute Gasteiger partial charge is 0.414 e. The molecule has 0 saturated heterocycles. The average Bonchev–Trinajstić information content (AvgIpc) is 2.41. The van der Waals surface area contributed by atoms with E-state index < -0.39 is 42.5 Å². The molecule has 1 aromatic heterocycles. The minimum absolute atomic E-state index is 0. The molecular formula is C13H17F6N3O2. The number of hydrogen-bond acceptors (Lipinski definition) is 3. The van der Waals surface area contributed by atoms with Gasteiger partial charge in [0.25, 0.3) is 5.88 Å². The first-order valence-corrected chi connectivity index (χ1v) is 6.86. The van der Waals surface area contributed by atoms with E-state index in [0.29, 0.717) is 0 Å². The lowest BCUT2D eigenvalue weighted by Gasteiger charge is -2.36. The molecule has 138 valence electrons. The van der Waals surface area contributed by atoms with E-state index in [1.807, 2.05) is 0 Å². The number of nitrogens with zero attached hydrogens (tertiary/aromatic N) is 1. The van der Waals surface area contributed by atoms with Gasteiger partial charge in [-0.15, -0.1) is 0 Å². The van der Waals surface area contributed by atoms with Gasteiger partial charge in [-0.3, -0.25) is 0 Å². The van der Waals surface area contributed by atoms with E-state index in [0.717, 1.165) is 12.3 Å². The van der Waals surface area contributed by atoms with Gasteiger partial charge >= 0.3 is 18.8 Å². The zero-order valence-electron chi connectivity index (χ0n) is 12.0. The fourth-order valence-corrected chi connectivity index (χ4v) is 2.18. The maximum Gasteiger partial charge on any atom is 0.391 e. The number of alkyl halides is 5. The molecule has 0 spiro atoms. The number of aromatic nitrogens is 1. The van der Waals surface area contributed by atoms with Crippen LogP contribution in [-0.4, -0.2) is 29.8 Å². The van der Waals surface area contributed by atoms with Crippen molar-refractivity contribution in [1.82, 2.24) is 15.6 Å². The fraction of sp³-hybridized carbons (Fsp3) is 0.538. The molecule has 5 nitrogen and oxygen atoms in total. The molecule has 11 heteroatoms. The summed E-state index contributed by atoms with van der Waals surface area (Å²) in [6.07, 6.45) is -3.69. The molecule has 2 N–H and O–H groups in total. The number of nitrogens with one attached hydrogen (secondary N) is 2. The first-order valence-electron chi connectivity index (χ1n) is 6.86. The molecule has 1 aromatic rings. The van der Waals surface area contributed by atoms with Gasteiger partial charge in [0.05, 0.1) is 5.92 Å². The highest BCUT2D eigenvalue weighted by Gasteiger charge is 2.48. The van der Waals surface area contributed by atoms with Crippen LogP contribution >= 0.6 is 0 Å². The topological polar surface area (TPSA) is 63.2 Å². The molecule has 1 saturated carbocycles.